The molecular formula is C10H18O3. The summed E-state index contributed by atoms with van der Waals surface area (Å²) in [5, 5.41) is 8.68. The number of aliphatic hydroxyl groups excluding tert-OH is 1. The molecule has 0 amide bonds. The van der Waals surface area contributed by atoms with Gasteiger partial charge in [0.15, 0.2) is 6.29 Å². The third-order valence-electron chi connectivity index (χ3n) is 2.04. The Kier molecular flexibility index (Phi) is 3.47. The van der Waals surface area contributed by atoms with E-state index in [0.717, 1.165) is 5.57 Å². The largest absolute Gasteiger partial charge is 0.392 e. The van der Waals surface area contributed by atoms with Gasteiger partial charge < -0.3 is 14.6 Å². The molecule has 3 nitrogen and oxygen atoms in total. The molecule has 0 aromatic carbocycles. The molecule has 1 aliphatic heterocycles. The first kappa shape index (κ1) is 10.7. The van der Waals surface area contributed by atoms with Crippen LogP contribution in [-0.2, 0) is 9.47 Å². The van der Waals surface area contributed by atoms with Crippen molar-refractivity contribution < 1.29 is 14.6 Å². The van der Waals surface area contributed by atoms with E-state index in [4.69, 9.17) is 14.6 Å². The minimum Gasteiger partial charge on any atom is -0.392 e. The van der Waals surface area contributed by atoms with Crippen LogP contribution < -0.4 is 0 Å². The normalized spacial score (nSPS) is 24.8. The summed E-state index contributed by atoms with van der Waals surface area (Å²) in [6.45, 7) is 7.56. The van der Waals surface area contributed by atoms with Gasteiger partial charge in [0.05, 0.1) is 19.8 Å². The molecule has 1 fully saturated rings. The molecule has 1 heterocycles. The Hall–Kier alpha value is -0.380. The second-order valence-electron chi connectivity index (χ2n) is 4.25. The van der Waals surface area contributed by atoms with Crippen molar-refractivity contribution in [3.8, 4) is 0 Å². The van der Waals surface area contributed by atoms with Gasteiger partial charge in [0.25, 0.3) is 0 Å². The zero-order valence-corrected chi connectivity index (χ0v) is 8.54. The Morgan fingerprint density at radius 3 is 2.46 bits per heavy atom. The fourth-order valence-electron chi connectivity index (χ4n) is 1.20. The smallest absolute Gasteiger partial charge is 0.179 e. The zero-order chi connectivity index (χ0) is 9.90. The molecule has 13 heavy (non-hydrogen) atoms. The van der Waals surface area contributed by atoms with E-state index >= 15 is 0 Å². The maximum absolute atomic E-state index is 8.68. The molecule has 0 saturated carbocycles. The molecule has 76 valence electrons. The highest BCUT2D eigenvalue weighted by Crippen LogP contribution is 2.25. The number of ether oxygens (including phenoxy) is 2. The number of rotatable bonds is 2. The summed E-state index contributed by atoms with van der Waals surface area (Å²) in [5.41, 5.74) is 1.05. The molecule has 0 atom stereocenters. The van der Waals surface area contributed by atoms with Crippen LogP contribution >= 0.6 is 0 Å². The molecule has 1 N–H and O–H groups in total. The summed E-state index contributed by atoms with van der Waals surface area (Å²) in [7, 11) is 0. The minimum absolute atomic E-state index is 0.0401. The van der Waals surface area contributed by atoms with Gasteiger partial charge in [-0.3, -0.25) is 0 Å². The van der Waals surface area contributed by atoms with Crippen LogP contribution in [0.15, 0.2) is 11.6 Å². The van der Waals surface area contributed by atoms with Gasteiger partial charge in [-0.05, 0) is 12.5 Å². The number of aliphatic hydroxyl groups is 1. The van der Waals surface area contributed by atoms with Crippen LogP contribution in [-0.4, -0.2) is 31.2 Å². The van der Waals surface area contributed by atoms with E-state index in [1.165, 1.54) is 0 Å². The fraction of sp³-hybridized carbons (Fsp3) is 0.800. The van der Waals surface area contributed by atoms with E-state index in [-0.39, 0.29) is 18.3 Å². The summed E-state index contributed by atoms with van der Waals surface area (Å²) in [4.78, 5) is 0. The van der Waals surface area contributed by atoms with Crippen molar-refractivity contribution in [2.75, 3.05) is 19.8 Å². The van der Waals surface area contributed by atoms with Gasteiger partial charge in [0.2, 0.25) is 0 Å². The fourth-order valence-corrected chi connectivity index (χ4v) is 1.20. The van der Waals surface area contributed by atoms with Crippen molar-refractivity contribution in [2.24, 2.45) is 5.41 Å². The van der Waals surface area contributed by atoms with Crippen LogP contribution in [0.2, 0.25) is 0 Å². The number of hydrogen-bond acceptors (Lipinski definition) is 3. The third kappa shape index (κ3) is 3.10. The number of hydrogen-bond donors (Lipinski definition) is 1. The summed E-state index contributed by atoms with van der Waals surface area (Å²) in [6.07, 6.45) is 1.45. The van der Waals surface area contributed by atoms with E-state index in [2.05, 4.69) is 13.8 Å². The lowest BCUT2D eigenvalue weighted by Crippen LogP contribution is -2.38. The average molecular weight is 186 g/mol. The maximum atomic E-state index is 8.68. The van der Waals surface area contributed by atoms with E-state index in [1.54, 1.807) is 6.08 Å². The van der Waals surface area contributed by atoms with Gasteiger partial charge >= 0.3 is 0 Å². The Bertz CT molecular complexity index is 186. The lowest BCUT2D eigenvalue weighted by Gasteiger charge is -2.34. The quantitative estimate of drug-likeness (QED) is 0.661. The zero-order valence-electron chi connectivity index (χ0n) is 8.54. The average Bonchev–Trinajstić information content (AvgIpc) is 2.04. The molecule has 1 aliphatic rings. The summed E-state index contributed by atoms with van der Waals surface area (Å²) >= 11 is 0. The second kappa shape index (κ2) is 4.22. The van der Waals surface area contributed by atoms with E-state index in [0.29, 0.717) is 13.2 Å². The highest BCUT2D eigenvalue weighted by molar-refractivity contribution is 5.02. The lowest BCUT2D eigenvalue weighted by atomic mass is 9.95. The molecular weight excluding hydrogens is 168 g/mol. The van der Waals surface area contributed by atoms with Gasteiger partial charge in [-0.25, -0.2) is 0 Å². The maximum Gasteiger partial charge on any atom is 0.179 e. The van der Waals surface area contributed by atoms with E-state index < -0.39 is 0 Å². The molecule has 0 aromatic rings. The molecule has 0 spiro atoms. The highest BCUT2D eigenvalue weighted by Gasteiger charge is 2.28. The van der Waals surface area contributed by atoms with Crippen molar-refractivity contribution in [3.05, 3.63) is 11.6 Å². The van der Waals surface area contributed by atoms with Crippen molar-refractivity contribution in [1.82, 2.24) is 0 Å². The molecule has 0 radical (unpaired) electrons. The second-order valence-corrected chi connectivity index (χ2v) is 4.25. The molecule has 1 rings (SSSR count). The summed E-state index contributed by atoms with van der Waals surface area (Å²) in [6, 6.07) is 0. The van der Waals surface area contributed by atoms with E-state index in [9.17, 15) is 0 Å². The van der Waals surface area contributed by atoms with Crippen molar-refractivity contribution in [1.29, 1.82) is 0 Å². The highest BCUT2D eigenvalue weighted by atomic mass is 16.7. The van der Waals surface area contributed by atoms with Crippen LogP contribution in [0.1, 0.15) is 20.8 Å². The lowest BCUT2D eigenvalue weighted by molar-refractivity contribution is -0.203. The monoisotopic (exact) mass is 186 g/mol. The molecule has 0 unspecified atom stereocenters. The van der Waals surface area contributed by atoms with Gasteiger partial charge in [-0.15, -0.1) is 0 Å². The van der Waals surface area contributed by atoms with Crippen LogP contribution in [0.4, 0.5) is 0 Å². The molecule has 3 heteroatoms. The van der Waals surface area contributed by atoms with Gasteiger partial charge in [-0.1, -0.05) is 19.9 Å². The minimum atomic E-state index is -0.264. The van der Waals surface area contributed by atoms with Crippen molar-refractivity contribution in [3.63, 3.8) is 0 Å². The van der Waals surface area contributed by atoms with Crippen molar-refractivity contribution >= 4 is 0 Å². The Labute approximate surface area is 79.3 Å². The van der Waals surface area contributed by atoms with Crippen LogP contribution in [0.5, 0.6) is 0 Å². The van der Waals surface area contributed by atoms with Crippen LogP contribution in [0, 0.1) is 5.41 Å². The SMILES string of the molecule is C/C(=C\CO)C1OCC(C)(C)CO1. The van der Waals surface area contributed by atoms with Crippen LogP contribution in [0.25, 0.3) is 0 Å². The molecule has 0 aromatic heterocycles. The standard InChI is InChI=1S/C10H18O3/c1-8(4-5-11)9-12-6-10(2,3)7-13-9/h4,9,11H,5-7H2,1-3H3/b8-4+. The van der Waals surface area contributed by atoms with Crippen LogP contribution in [0.3, 0.4) is 0 Å². The Morgan fingerprint density at radius 2 is 2.00 bits per heavy atom. The predicted molar refractivity (Wildman–Crippen MR) is 50.3 cm³/mol. The van der Waals surface area contributed by atoms with Gasteiger partial charge in [0.1, 0.15) is 0 Å². The predicted octanol–water partition coefficient (Wildman–Crippen LogP) is 1.32. The Morgan fingerprint density at radius 1 is 1.46 bits per heavy atom. The third-order valence-corrected chi connectivity index (χ3v) is 2.04. The van der Waals surface area contributed by atoms with Gasteiger partial charge in [0, 0.05) is 5.41 Å². The first-order chi connectivity index (χ1) is 6.05. The topological polar surface area (TPSA) is 38.7 Å². The first-order valence-corrected chi connectivity index (χ1v) is 4.56. The van der Waals surface area contributed by atoms with Gasteiger partial charge in [-0.2, -0.15) is 0 Å². The summed E-state index contributed by atoms with van der Waals surface area (Å²) < 4.78 is 11.0. The Balaban J connectivity index is 2.45. The van der Waals surface area contributed by atoms with Crippen molar-refractivity contribution in [2.45, 2.75) is 27.1 Å². The molecule has 0 aliphatic carbocycles. The first-order valence-electron chi connectivity index (χ1n) is 4.56. The molecule has 1 saturated heterocycles. The molecule has 0 bridgehead atoms. The van der Waals surface area contributed by atoms with E-state index in [1.807, 2.05) is 6.92 Å². The summed E-state index contributed by atoms with van der Waals surface area (Å²) in [5.74, 6) is 0.